The van der Waals surface area contributed by atoms with Crippen molar-refractivity contribution in [3.63, 3.8) is 0 Å². The molecule has 1 N–H and O–H groups in total. The van der Waals surface area contributed by atoms with Crippen LogP contribution in [0.25, 0.3) is 0 Å². The second-order valence-electron chi connectivity index (χ2n) is 6.72. The van der Waals surface area contributed by atoms with E-state index in [1.165, 1.54) is 6.20 Å². The zero-order chi connectivity index (χ0) is 17.2. The average molecular weight is 322 g/mol. The first-order chi connectivity index (χ1) is 10.7. The highest BCUT2D eigenvalue weighted by atomic mass is 16.6. The number of carbonyl (C=O) groups is 1. The average Bonchev–Trinajstić information content (AvgIpc) is 2.83. The van der Waals surface area contributed by atoms with Gasteiger partial charge in [0, 0.05) is 24.7 Å². The Kier molecular flexibility index (Phi) is 4.72. The van der Waals surface area contributed by atoms with Crippen LogP contribution >= 0.6 is 0 Å². The summed E-state index contributed by atoms with van der Waals surface area (Å²) in [5.41, 5.74) is 0.895. The maximum absolute atomic E-state index is 11.8. The number of aromatic nitrogens is 1. The summed E-state index contributed by atoms with van der Waals surface area (Å²) in [6.07, 6.45) is 2.73. The van der Waals surface area contributed by atoms with Crippen molar-refractivity contribution >= 4 is 17.5 Å². The molecular formula is C15H22N4O4. The van der Waals surface area contributed by atoms with Gasteiger partial charge in [0.05, 0.1) is 11.5 Å². The lowest BCUT2D eigenvalue weighted by molar-refractivity contribution is -0.384. The zero-order valence-corrected chi connectivity index (χ0v) is 13.8. The Balaban J connectivity index is 2.06. The maximum atomic E-state index is 11.8. The standard InChI is InChI=1S/C15H22N4O4/c1-10-7-16-8-12(19(21)22)13(10)18-6-5-11(9-18)23-14(20)17-15(2,3)4/h7-8,11H,5-6,9H2,1-4H3,(H,17,20)/t11-/m0/s1. The third kappa shape index (κ3) is 4.30. The topological polar surface area (TPSA) is 97.6 Å². The van der Waals surface area contributed by atoms with Gasteiger partial charge in [0.2, 0.25) is 0 Å². The molecule has 1 amide bonds. The Labute approximate surface area is 135 Å². The van der Waals surface area contributed by atoms with Gasteiger partial charge in [-0.05, 0) is 33.3 Å². The number of anilines is 1. The molecule has 0 aromatic carbocycles. The fourth-order valence-corrected chi connectivity index (χ4v) is 2.60. The predicted octanol–water partition coefficient (Wildman–Crippen LogP) is 2.40. The Hall–Kier alpha value is -2.38. The summed E-state index contributed by atoms with van der Waals surface area (Å²) in [7, 11) is 0. The molecule has 2 rings (SSSR count). The van der Waals surface area contributed by atoms with Crippen LogP contribution in [0.1, 0.15) is 32.8 Å². The predicted molar refractivity (Wildman–Crippen MR) is 85.6 cm³/mol. The first-order valence-electron chi connectivity index (χ1n) is 7.50. The maximum Gasteiger partial charge on any atom is 0.407 e. The molecule has 1 saturated heterocycles. The summed E-state index contributed by atoms with van der Waals surface area (Å²) in [5.74, 6) is 0. The Morgan fingerprint density at radius 2 is 2.17 bits per heavy atom. The molecule has 2 heterocycles. The fraction of sp³-hybridized carbons (Fsp3) is 0.600. The second kappa shape index (κ2) is 6.39. The van der Waals surface area contributed by atoms with Gasteiger partial charge in [-0.25, -0.2) is 4.79 Å². The lowest BCUT2D eigenvalue weighted by atomic mass is 10.1. The van der Waals surface area contributed by atoms with E-state index in [-0.39, 0.29) is 17.3 Å². The molecule has 0 bridgehead atoms. The molecule has 0 unspecified atom stereocenters. The van der Waals surface area contributed by atoms with Crippen LogP contribution in [0, 0.1) is 17.0 Å². The van der Waals surface area contributed by atoms with Gasteiger partial charge in [-0.15, -0.1) is 0 Å². The van der Waals surface area contributed by atoms with Crippen LogP contribution in [0.15, 0.2) is 12.4 Å². The summed E-state index contributed by atoms with van der Waals surface area (Å²) in [4.78, 5) is 28.3. The van der Waals surface area contributed by atoms with Gasteiger partial charge < -0.3 is 15.0 Å². The normalized spacial score (nSPS) is 17.9. The molecule has 1 aromatic heterocycles. The van der Waals surface area contributed by atoms with Gasteiger partial charge in [0.1, 0.15) is 18.0 Å². The van der Waals surface area contributed by atoms with Crippen LogP contribution in [0.3, 0.4) is 0 Å². The number of nitrogens with zero attached hydrogens (tertiary/aromatic N) is 3. The number of alkyl carbamates (subject to hydrolysis) is 1. The number of ether oxygens (including phenoxy) is 1. The smallest absolute Gasteiger partial charge is 0.407 e. The first kappa shape index (κ1) is 17.0. The molecule has 8 nitrogen and oxygen atoms in total. The number of nitro groups is 1. The molecule has 0 aliphatic carbocycles. The van der Waals surface area contributed by atoms with Crippen LogP contribution in [0.4, 0.5) is 16.2 Å². The Bertz CT molecular complexity index is 612. The largest absolute Gasteiger partial charge is 0.444 e. The van der Waals surface area contributed by atoms with Crippen molar-refractivity contribution in [2.75, 3.05) is 18.0 Å². The van der Waals surface area contributed by atoms with E-state index >= 15 is 0 Å². The third-order valence-corrected chi connectivity index (χ3v) is 3.49. The summed E-state index contributed by atoms with van der Waals surface area (Å²) in [6, 6.07) is 0. The van der Waals surface area contributed by atoms with Gasteiger partial charge in [-0.1, -0.05) is 0 Å². The Morgan fingerprint density at radius 1 is 1.48 bits per heavy atom. The van der Waals surface area contributed by atoms with Crippen molar-refractivity contribution in [3.8, 4) is 0 Å². The molecule has 0 spiro atoms. The van der Waals surface area contributed by atoms with Crippen molar-refractivity contribution in [1.82, 2.24) is 10.3 Å². The number of rotatable bonds is 3. The highest BCUT2D eigenvalue weighted by Gasteiger charge is 2.31. The van der Waals surface area contributed by atoms with E-state index in [0.29, 0.717) is 25.2 Å². The summed E-state index contributed by atoms with van der Waals surface area (Å²) in [6.45, 7) is 8.44. The van der Waals surface area contributed by atoms with Crippen molar-refractivity contribution in [2.24, 2.45) is 0 Å². The van der Waals surface area contributed by atoms with Crippen LogP contribution in [-0.4, -0.2) is 40.7 Å². The Morgan fingerprint density at radius 3 is 2.78 bits per heavy atom. The van der Waals surface area contributed by atoms with E-state index in [9.17, 15) is 14.9 Å². The molecule has 126 valence electrons. The summed E-state index contributed by atoms with van der Waals surface area (Å²) >= 11 is 0. The molecule has 1 atom stereocenters. The second-order valence-corrected chi connectivity index (χ2v) is 6.72. The number of carbonyl (C=O) groups excluding carboxylic acids is 1. The van der Waals surface area contributed by atoms with E-state index < -0.39 is 11.0 Å². The summed E-state index contributed by atoms with van der Waals surface area (Å²) in [5, 5.41) is 13.9. The van der Waals surface area contributed by atoms with E-state index in [4.69, 9.17) is 4.74 Å². The number of hydrogen-bond acceptors (Lipinski definition) is 6. The highest BCUT2D eigenvalue weighted by Crippen LogP contribution is 2.33. The molecule has 1 aromatic rings. The van der Waals surface area contributed by atoms with E-state index in [0.717, 1.165) is 5.56 Å². The van der Waals surface area contributed by atoms with E-state index in [1.54, 1.807) is 13.1 Å². The first-order valence-corrected chi connectivity index (χ1v) is 7.50. The van der Waals surface area contributed by atoms with Gasteiger partial charge in [0.15, 0.2) is 0 Å². The van der Waals surface area contributed by atoms with Crippen LogP contribution < -0.4 is 10.2 Å². The monoisotopic (exact) mass is 322 g/mol. The molecule has 0 radical (unpaired) electrons. The minimum absolute atomic E-state index is 0.0233. The minimum atomic E-state index is -0.467. The molecule has 1 aliphatic heterocycles. The SMILES string of the molecule is Cc1cncc([N+](=O)[O-])c1N1CC[C@H](OC(=O)NC(C)(C)C)C1. The van der Waals surface area contributed by atoms with Crippen LogP contribution in [0.5, 0.6) is 0 Å². The van der Waals surface area contributed by atoms with Gasteiger partial charge >= 0.3 is 11.8 Å². The van der Waals surface area contributed by atoms with Gasteiger partial charge in [-0.3, -0.25) is 15.1 Å². The molecule has 1 fully saturated rings. The zero-order valence-electron chi connectivity index (χ0n) is 13.8. The number of hydrogen-bond donors (Lipinski definition) is 1. The van der Waals surface area contributed by atoms with E-state index in [1.807, 2.05) is 25.7 Å². The number of aryl methyl sites for hydroxylation is 1. The number of amides is 1. The molecule has 23 heavy (non-hydrogen) atoms. The van der Waals surface area contributed by atoms with Crippen LogP contribution in [0.2, 0.25) is 0 Å². The quantitative estimate of drug-likeness (QED) is 0.678. The number of pyridine rings is 1. The third-order valence-electron chi connectivity index (χ3n) is 3.49. The van der Waals surface area contributed by atoms with Crippen molar-refractivity contribution < 1.29 is 14.5 Å². The highest BCUT2D eigenvalue weighted by molar-refractivity contribution is 5.69. The minimum Gasteiger partial charge on any atom is -0.444 e. The molecule has 8 heteroatoms. The lowest BCUT2D eigenvalue weighted by Crippen LogP contribution is -2.42. The van der Waals surface area contributed by atoms with Crippen molar-refractivity contribution in [2.45, 2.75) is 45.8 Å². The van der Waals surface area contributed by atoms with Crippen molar-refractivity contribution in [1.29, 1.82) is 0 Å². The molecule has 1 aliphatic rings. The van der Waals surface area contributed by atoms with Crippen LogP contribution in [-0.2, 0) is 4.74 Å². The lowest BCUT2D eigenvalue weighted by Gasteiger charge is -2.23. The van der Waals surface area contributed by atoms with Crippen molar-refractivity contribution in [3.05, 3.63) is 28.1 Å². The van der Waals surface area contributed by atoms with E-state index in [2.05, 4.69) is 10.3 Å². The fourth-order valence-electron chi connectivity index (χ4n) is 2.60. The summed E-state index contributed by atoms with van der Waals surface area (Å²) < 4.78 is 5.40. The molecular weight excluding hydrogens is 300 g/mol. The van der Waals surface area contributed by atoms with Gasteiger partial charge in [-0.2, -0.15) is 0 Å². The number of nitrogens with one attached hydrogen (secondary N) is 1. The molecule has 0 saturated carbocycles. The van der Waals surface area contributed by atoms with Gasteiger partial charge in [0.25, 0.3) is 0 Å².